The number of hydrogen-bond donors (Lipinski definition) is 0. The zero-order valence-electron chi connectivity index (χ0n) is 15.8. The van der Waals surface area contributed by atoms with Gasteiger partial charge in [-0.1, -0.05) is 41.6 Å². The van der Waals surface area contributed by atoms with E-state index in [1.807, 2.05) is 61.0 Å². The molecule has 0 amide bonds. The normalized spacial score (nSPS) is 12.1. The SMILES string of the molecule is C[C@H](Sc1nnc(COc2ccc(Cl)cc2)n1C)c1nnnn1-c1ccccc1. The minimum absolute atomic E-state index is 0.0295. The highest BCUT2D eigenvalue weighted by molar-refractivity contribution is 7.99. The van der Waals surface area contributed by atoms with E-state index in [0.29, 0.717) is 11.6 Å². The Balaban J connectivity index is 1.45. The lowest BCUT2D eigenvalue weighted by atomic mass is 10.3. The van der Waals surface area contributed by atoms with Crippen LogP contribution in [-0.2, 0) is 13.7 Å². The van der Waals surface area contributed by atoms with Gasteiger partial charge in [-0.05, 0) is 53.7 Å². The number of benzene rings is 2. The maximum atomic E-state index is 5.90. The molecule has 4 rings (SSSR count). The van der Waals surface area contributed by atoms with Crippen molar-refractivity contribution < 1.29 is 4.74 Å². The van der Waals surface area contributed by atoms with Gasteiger partial charge in [-0.15, -0.1) is 15.3 Å². The van der Waals surface area contributed by atoms with Crippen molar-refractivity contribution >= 4 is 23.4 Å². The number of ether oxygens (including phenoxy) is 1. The van der Waals surface area contributed by atoms with E-state index in [1.165, 1.54) is 11.8 Å². The summed E-state index contributed by atoms with van der Waals surface area (Å²) in [6.45, 7) is 2.34. The molecule has 8 nitrogen and oxygen atoms in total. The molecule has 0 bridgehead atoms. The van der Waals surface area contributed by atoms with Gasteiger partial charge in [0.25, 0.3) is 0 Å². The van der Waals surface area contributed by atoms with Crippen molar-refractivity contribution in [3.05, 3.63) is 71.3 Å². The fourth-order valence-corrected chi connectivity index (χ4v) is 3.71. The van der Waals surface area contributed by atoms with Crippen molar-refractivity contribution in [1.29, 1.82) is 0 Å². The van der Waals surface area contributed by atoms with Crippen LogP contribution in [-0.4, -0.2) is 35.0 Å². The van der Waals surface area contributed by atoms with Crippen LogP contribution >= 0.6 is 23.4 Å². The first kappa shape index (κ1) is 19.4. The Hall–Kier alpha value is -2.91. The van der Waals surface area contributed by atoms with Crippen LogP contribution in [0.2, 0.25) is 5.02 Å². The summed E-state index contributed by atoms with van der Waals surface area (Å²) >= 11 is 7.43. The molecule has 148 valence electrons. The van der Waals surface area contributed by atoms with E-state index in [2.05, 4.69) is 25.7 Å². The molecule has 2 heterocycles. The Bertz CT molecular complexity index is 1080. The highest BCUT2D eigenvalue weighted by Crippen LogP contribution is 2.33. The molecule has 0 aliphatic heterocycles. The molecule has 0 unspecified atom stereocenters. The monoisotopic (exact) mass is 427 g/mol. The smallest absolute Gasteiger partial charge is 0.191 e. The number of para-hydroxylation sites is 1. The van der Waals surface area contributed by atoms with Gasteiger partial charge < -0.3 is 9.30 Å². The van der Waals surface area contributed by atoms with Gasteiger partial charge in [0.1, 0.15) is 12.4 Å². The molecule has 10 heteroatoms. The molecule has 0 aliphatic carbocycles. The highest BCUT2D eigenvalue weighted by Gasteiger charge is 2.20. The third kappa shape index (κ3) is 4.41. The summed E-state index contributed by atoms with van der Waals surface area (Å²) in [5, 5.41) is 22.1. The number of hydrogen-bond acceptors (Lipinski definition) is 7. The van der Waals surface area contributed by atoms with Crippen molar-refractivity contribution in [3.63, 3.8) is 0 Å². The standard InChI is InChI=1S/C19H18ClN7OS/c1-13(18-22-24-25-27(18)15-6-4-3-5-7-15)29-19-23-21-17(26(19)2)12-28-16-10-8-14(20)9-11-16/h3-11,13H,12H2,1-2H3/t13-/m0/s1. The fraction of sp³-hybridized carbons (Fsp3) is 0.211. The molecule has 0 fully saturated rings. The van der Waals surface area contributed by atoms with Gasteiger partial charge in [-0.25, -0.2) is 0 Å². The molecule has 4 aromatic rings. The second kappa shape index (κ2) is 8.62. The maximum absolute atomic E-state index is 5.90. The fourth-order valence-electron chi connectivity index (χ4n) is 2.66. The summed E-state index contributed by atoms with van der Waals surface area (Å²) in [7, 11) is 1.91. The summed E-state index contributed by atoms with van der Waals surface area (Å²) in [6, 6.07) is 17.0. The molecular weight excluding hydrogens is 410 g/mol. The minimum Gasteiger partial charge on any atom is -0.486 e. The first-order valence-electron chi connectivity index (χ1n) is 8.89. The second-order valence-electron chi connectivity index (χ2n) is 6.24. The van der Waals surface area contributed by atoms with Crippen LogP contribution in [0.3, 0.4) is 0 Å². The van der Waals surface area contributed by atoms with Gasteiger partial charge in [-0.2, -0.15) is 4.68 Å². The van der Waals surface area contributed by atoms with E-state index in [-0.39, 0.29) is 5.25 Å². The van der Waals surface area contributed by atoms with Crippen LogP contribution in [0.4, 0.5) is 0 Å². The van der Waals surface area contributed by atoms with Crippen molar-refractivity contribution in [2.75, 3.05) is 0 Å². The van der Waals surface area contributed by atoms with Crippen LogP contribution in [0.25, 0.3) is 5.69 Å². The molecular formula is C19H18ClN7OS. The number of tetrazole rings is 1. The summed E-state index contributed by atoms with van der Waals surface area (Å²) in [5.41, 5.74) is 0.912. The number of aromatic nitrogens is 7. The molecule has 0 spiro atoms. The van der Waals surface area contributed by atoms with Crippen LogP contribution < -0.4 is 4.74 Å². The number of rotatable bonds is 7. The zero-order chi connectivity index (χ0) is 20.2. The molecule has 0 aliphatic rings. The lowest BCUT2D eigenvalue weighted by molar-refractivity contribution is 0.290. The van der Waals surface area contributed by atoms with Gasteiger partial charge in [0.15, 0.2) is 16.8 Å². The van der Waals surface area contributed by atoms with Crippen molar-refractivity contribution in [2.24, 2.45) is 7.05 Å². The molecule has 0 saturated carbocycles. The predicted octanol–water partition coefficient (Wildman–Crippen LogP) is 3.88. The number of halogens is 1. The van der Waals surface area contributed by atoms with Crippen LogP contribution in [0.15, 0.2) is 59.8 Å². The Morgan fingerprint density at radius 2 is 1.79 bits per heavy atom. The Kier molecular flexibility index (Phi) is 5.77. The van der Waals surface area contributed by atoms with E-state index >= 15 is 0 Å². The topological polar surface area (TPSA) is 83.5 Å². The first-order chi connectivity index (χ1) is 14.1. The van der Waals surface area contributed by atoms with Crippen molar-refractivity contribution in [3.8, 4) is 11.4 Å². The molecule has 0 N–H and O–H groups in total. The average molecular weight is 428 g/mol. The van der Waals surface area contributed by atoms with Crippen LogP contribution in [0, 0.1) is 0 Å². The van der Waals surface area contributed by atoms with Gasteiger partial charge in [0.2, 0.25) is 0 Å². The van der Waals surface area contributed by atoms with Crippen LogP contribution in [0.1, 0.15) is 23.8 Å². The Labute approximate surface area is 176 Å². The highest BCUT2D eigenvalue weighted by atomic mass is 35.5. The van der Waals surface area contributed by atoms with Crippen LogP contribution in [0.5, 0.6) is 5.75 Å². The van der Waals surface area contributed by atoms with Gasteiger partial charge in [-0.3, -0.25) is 0 Å². The average Bonchev–Trinajstić information content (AvgIpc) is 3.36. The van der Waals surface area contributed by atoms with Gasteiger partial charge >= 0.3 is 0 Å². The number of thioether (sulfide) groups is 1. The van der Waals surface area contributed by atoms with E-state index < -0.39 is 0 Å². The Morgan fingerprint density at radius 3 is 2.55 bits per heavy atom. The molecule has 0 saturated heterocycles. The van der Waals surface area contributed by atoms with Crippen molar-refractivity contribution in [1.82, 2.24) is 35.0 Å². The van der Waals surface area contributed by atoms with Gasteiger partial charge in [0, 0.05) is 12.1 Å². The van der Waals surface area contributed by atoms with E-state index in [1.54, 1.807) is 16.8 Å². The van der Waals surface area contributed by atoms with E-state index in [4.69, 9.17) is 16.3 Å². The summed E-state index contributed by atoms with van der Waals surface area (Å²) in [6.07, 6.45) is 0. The summed E-state index contributed by atoms with van der Waals surface area (Å²) < 4.78 is 9.41. The lowest BCUT2D eigenvalue weighted by Crippen LogP contribution is -2.07. The summed E-state index contributed by atoms with van der Waals surface area (Å²) in [4.78, 5) is 0. The number of nitrogens with zero attached hydrogens (tertiary/aromatic N) is 7. The third-order valence-electron chi connectivity index (χ3n) is 4.25. The molecule has 29 heavy (non-hydrogen) atoms. The Morgan fingerprint density at radius 1 is 1.03 bits per heavy atom. The van der Waals surface area contributed by atoms with Crippen molar-refractivity contribution in [2.45, 2.75) is 23.9 Å². The van der Waals surface area contributed by atoms with Gasteiger partial charge in [0.05, 0.1) is 10.9 Å². The zero-order valence-corrected chi connectivity index (χ0v) is 17.4. The molecule has 2 aromatic carbocycles. The lowest BCUT2D eigenvalue weighted by Gasteiger charge is -2.11. The quantitative estimate of drug-likeness (QED) is 0.414. The van der Waals surface area contributed by atoms with E-state index in [9.17, 15) is 0 Å². The van der Waals surface area contributed by atoms with E-state index in [0.717, 1.165) is 28.2 Å². The largest absolute Gasteiger partial charge is 0.486 e. The third-order valence-corrected chi connectivity index (χ3v) is 5.63. The predicted molar refractivity (Wildman–Crippen MR) is 110 cm³/mol. The first-order valence-corrected chi connectivity index (χ1v) is 10.1. The molecule has 2 aromatic heterocycles. The molecule has 1 atom stereocenters. The summed E-state index contributed by atoms with van der Waals surface area (Å²) in [5.74, 6) is 2.18. The molecule has 0 radical (unpaired) electrons. The maximum Gasteiger partial charge on any atom is 0.191 e. The minimum atomic E-state index is -0.0295. The second-order valence-corrected chi connectivity index (χ2v) is 7.99.